The number of hydrogen-bond donors (Lipinski definition) is 1. The molecule has 1 heterocycles. The summed E-state index contributed by atoms with van der Waals surface area (Å²) in [6.45, 7) is 1.66. The molecule has 0 aliphatic carbocycles. The number of halogens is 3. The smallest absolute Gasteiger partial charge is 0.388 e. The van der Waals surface area contributed by atoms with Crippen molar-refractivity contribution in [3.05, 3.63) is 17.5 Å². The number of alkyl halides is 3. The van der Waals surface area contributed by atoms with E-state index in [1.807, 2.05) is 0 Å². The van der Waals surface area contributed by atoms with Crippen molar-refractivity contribution in [3.8, 4) is 0 Å². The van der Waals surface area contributed by atoms with Crippen LogP contribution in [-0.4, -0.2) is 21.1 Å². The lowest BCUT2D eigenvalue weighted by Gasteiger charge is -2.11. The summed E-state index contributed by atoms with van der Waals surface area (Å²) in [4.78, 5) is 0. The Balaban J connectivity index is 2.61. The zero-order chi connectivity index (χ0) is 11.6. The third-order valence-corrected chi connectivity index (χ3v) is 2.11. The van der Waals surface area contributed by atoms with E-state index in [9.17, 15) is 18.3 Å². The number of aromatic nitrogens is 2. The fourth-order valence-corrected chi connectivity index (χ4v) is 1.40. The Morgan fingerprint density at radius 2 is 2.13 bits per heavy atom. The minimum absolute atomic E-state index is 0.323. The minimum atomic E-state index is -4.23. The van der Waals surface area contributed by atoms with E-state index < -0.39 is 18.7 Å². The molecule has 1 aromatic heterocycles. The van der Waals surface area contributed by atoms with Gasteiger partial charge in [0.05, 0.1) is 11.8 Å². The third kappa shape index (κ3) is 3.54. The Morgan fingerprint density at radius 1 is 1.53 bits per heavy atom. The SMILES string of the molecule is Cc1nn(C)cc1C(O)CCC(F)(F)F. The summed E-state index contributed by atoms with van der Waals surface area (Å²) in [5.74, 6) is 0. The van der Waals surface area contributed by atoms with Crippen LogP contribution in [0.25, 0.3) is 0 Å². The van der Waals surface area contributed by atoms with E-state index in [0.29, 0.717) is 11.3 Å². The van der Waals surface area contributed by atoms with E-state index >= 15 is 0 Å². The molecule has 3 nitrogen and oxygen atoms in total. The number of rotatable bonds is 3. The molecule has 0 saturated heterocycles. The van der Waals surface area contributed by atoms with Crippen molar-refractivity contribution < 1.29 is 18.3 Å². The molecule has 86 valence electrons. The summed E-state index contributed by atoms with van der Waals surface area (Å²) in [6, 6.07) is 0. The molecule has 1 N–H and O–H groups in total. The fraction of sp³-hybridized carbons (Fsp3) is 0.667. The Hall–Kier alpha value is -1.04. The highest BCUT2D eigenvalue weighted by Crippen LogP contribution is 2.28. The summed E-state index contributed by atoms with van der Waals surface area (Å²) < 4.78 is 37.2. The molecular formula is C9H13F3N2O. The van der Waals surface area contributed by atoms with Crippen molar-refractivity contribution in [1.82, 2.24) is 9.78 Å². The molecule has 0 saturated carbocycles. The molecule has 1 unspecified atom stereocenters. The van der Waals surface area contributed by atoms with Gasteiger partial charge in [0.2, 0.25) is 0 Å². The maximum Gasteiger partial charge on any atom is 0.389 e. The van der Waals surface area contributed by atoms with Crippen molar-refractivity contribution in [1.29, 1.82) is 0 Å². The number of aliphatic hydroxyl groups is 1. The van der Waals surface area contributed by atoms with Crippen LogP contribution in [0.5, 0.6) is 0 Å². The van der Waals surface area contributed by atoms with E-state index in [1.54, 1.807) is 14.0 Å². The Bertz CT molecular complexity index is 333. The molecule has 0 amide bonds. The number of nitrogens with zero attached hydrogens (tertiary/aromatic N) is 2. The number of aliphatic hydroxyl groups excluding tert-OH is 1. The molecule has 1 rings (SSSR count). The van der Waals surface area contributed by atoms with Crippen LogP contribution in [0.2, 0.25) is 0 Å². The van der Waals surface area contributed by atoms with Gasteiger partial charge in [-0.25, -0.2) is 0 Å². The van der Waals surface area contributed by atoms with Gasteiger partial charge < -0.3 is 5.11 Å². The van der Waals surface area contributed by atoms with Gasteiger partial charge in [-0.3, -0.25) is 4.68 Å². The van der Waals surface area contributed by atoms with Crippen LogP contribution in [-0.2, 0) is 7.05 Å². The largest absolute Gasteiger partial charge is 0.389 e. The summed E-state index contributed by atoms with van der Waals surface area (Å²) >= 11 is 0. The van der Waals surface area contributed by atoms with Gasteiger partial charge in [-0.15, -0.1) is 0 Å². The maximum absolute atomic E-state index is 11.9. The molecule has 0 radical (unpaired) electrons. The molecule has 0 spiro atoms. The lowest BCUT2D eigenvalue weighted by Crippen LogP contribution is -2.10. The summed E-state index contributed by atoms with van der Waals surface area (Å²) in [5.41, 5.74) is 1.02. The first-order valence-corrected chi connectivity index (χ1v) is 4.54. The third-order valence-electron chi connectivity index (χ3n) is 2.11. The number of aryl methyl sites for hydroxylation is 2. The van der Waals surface area contributed by atoms with E-state index in [0.717, 1.165) is 0 Å². The quantitative estimate of drug-likeness (QED) is 0.850. The van der Waals surface area contributed by atoms with Gasteiger partial charge in [-0.05, 0) is 13.3 Å². The van der Waals surface area contributed by atoms with Crippen molar-refractivity contribution in [2.45, 2.75) is 32.0 Å². The zero-order valence-electron chi connectivity index (χ0n) is 8.54. The minimum Gasteiger partial charge on any atom is -0.388 e. The standard InChI is InChI=1S/C9H13F3N2O/c1-6-7(5-14(2)13-6)8(15)3-4-9(10,11)12/h5,8,15H,3-4H2,1-2H3. The molecule has 15 heavy (non-hydrogen) atoms. The van der Waals surface area contributed by atoms with Crippen molar-refractivity contribution in [2.24, 2.45) is 7.05 Å². The highest BCUT2D eigenvalue weighted by molar-refractivity contribution is 5.18. The Morgan fingerprint density at radius 3 is 2.53 bits per heavy atom. The molecule has 0 bridgehead atoms. The van der Waals surface area contributed by atoms with Crippen LogP contribution >= 0.6 is 0 Å². The zero-order valence-corrected chi connectivity index (χ0v) is 8.54. The molecule has 0 fully saturated rings. The average Bonchev–Trinajstić information content (AvgIpc) is 2.40. The maximum atomic E-state index is 11.9. The van der Waals surface area contributed by atoms with Gasteiger partial charge in [0.1, 0.15) is 0 Å². The highest BCUT2D eigenvalue weighted by atomic mass is 19.4. The van der Waals surface area contributed by atoms with Crippen LogP contribution in [0.3, 0.4) is 0 Å². The van der Waals surface area contributed by atoms with Gasteiger partial charge in [0.25, 0.3) is 0 Å². The Kier molecular flexibility index (Phi) is 3.38. The van der Waals surface area contributed by atoms with Crippen molar-refractivity contribution in [2.75, 3.05) is 0 Å². The summed E-state index contributed by atoms with van der Waals surface area (Å²) in [7, 11) is 1.66. The molecule has 0 aromatic carbocycles. The molecule has 6 heteroatoms. The predicted molar refractivity (Wildman–Crippen MR) is 48.2 cm³/mol. The van der Waals surface area contributed by atoms with Crippen LogP contribution in [0.4, 0.5) is 13.2 Å². The van der Waals surface area contributed by atoms with Gasteiger partial charge in [-0.2, -0.15) is 18.3 Å². The van der Waals surface area contributed by atoms with E-state index in [2.05, 4.69) is 5.10 Å². The van der Waals surface area contributed by atoms with Gasteiger partial charge in [-0.1, -0.05) is 0 Å². The molecule has 0 aliphatic rings. The van der Waals surface area contributed by atoms with Crippen molar-refractivity contribution in [3.63, 3.8) is 0 Å². The summed E-state index contributed by atoms with van der Waals surface area (Å²) in [5, 5.41) is 13.5. The topological polar surface area (TPSA) is 38.0 Å². The van der Waals surface area contributed by atoms with Gasteiger partial charge >= 0.3 is 6.18 Å². The van der Waals surface area contributed by atoms with Crippen LogP contribution < -0.4 is 0 Å². The fourth-order valence-electron chi connectivity index (χ4n) is 1.40. The van der Waals surface area contributed by atoms with E-state index in [1.165, 1.54) is 10.9 Å². The first kappa shape index (κ1) is 12.0. The molecule has 1 aromatic rings. The first-order chi connectivity index (χ1) is 6.79. The summed E-state index contributed by atoms with van der Waals surface area (Å²) in [6.07, 6.45) is -5.09. The second-order valence-corrected chi connectivity index (χ2v) is 3.51. The average molecular weight is 222 g/mol. The normalized spacial score (nSPS) is 14.3. The van der Waals surface area contributed by atoms with Crippen LogP contribution in [0.15, 0.2) is 6.20 Å². The molecule has 0 aliphatic heterocycles. The van der Waals surface area contributed by atoms with E-state index in [-0.39, 0.29) is 6.42 Å². The second kappa shape index (κ2) is 4.22. The second-order valence-electron chi connectivity index (χ2n) is 3.51. The van der Waals surface area contributed by atoms with E-state index in [4.69, 9.17) is 0 Å². The highest BCUT2D eigenvalue weighted by Gasteiger charge is 2.28. The lowest BCUT2D eigenvalue weighted by atomic mass is 10.1. The Labute approximate surface area is 85.5 Å². The van der Waals surface area contributed by atoms with Gasteiger partial charge in [0, 0.05) is 25.2 Å². The molecular weight excluding hydrogens is 209 g/mol. The lowest BCUT2D eigenvalue weighted by molar-refractivity contribution is -0.140. The molecule has 1 atom stereocenters. The van der Waals surface area contributed by atoms with Crippen LogP contribution in [0.1, 0.15) is 30.2 Å². The predicted octanol–water partition coefficient (Wildman–Crippen LogP) is 2.10. The number of hydrogen-bond acceptors (Lipinski definition) is 2. The monoisotopic (exact) mass is 222 g/mol. The first-order valence-electron chi connectivity index (χ1n) is 4.54. The van der Waals surface area contributed by atoms with Crippen molar-refractivity contribution >= 4 is 0 Å². The van der Waals surface area contributed by atoms with Crippen LogP contribution in [0, 0.1) is 6.92 Å². The van der Waals surface area contributed by atoms with Gasteiger partial charge in [0.15, 0.2) is 0 Å².